The lowest BCUT2D eigenvalue weighted by Crippen LogP contribution is -2.44. The van der Waals surface area contributed by atoms with Gasteiger partial charge in [-0.25, -0.2) is 0 Å². The summed E-state index contributed by atoms with van der Waals surface area (Å²) >= 11 is 0. The molecule has 5 nitrogen and oxygen atoms in total. The predicted molar refractivity (Wildman–Crippen MR) is 87.3 cm³/mol. The minimum absolute atomic E-state index is 0.0514. The van der Waals surface area contributed by atoms with Gasteiger partial charge in [0.25, 0.3) is 0 Å². The standard InChI is InChI=1S/C18H19N3O2/c1-20-15-6-2-3-7-17(15)23-14-9-16(18(20)22)21(12-14)11-13-5-4-8-19-10-13/h2-8,10,14,16H,9,11-12H2,1H3/t14-,16-/m0/s1. The first-order chi connectivity index (χ1) is 11.2. The Bertz CT molecular complexity index is 719. The molecule has 23 heavy (non-hydrogen) atoms. The number of para-hydroxylation sites is 2. The van der Waals surface area contributed by atoms with Crippen LogP contribution in [0.15, 0.2) is 48.8 Å². The zero-order chi connectivity index (χ0) is 15.8. The molecule has 118 valence electrons. The van der Waals surface area contributed by atoms with E-state index in [1.807, 2.05) is 49.6 Å². The second-order valence-electron chi connectivity index (χ2n) is 6.15. The Balaban J connectivity index is 1.63. The first-order valence-electron chi connectivity index (χ1n) is 7.88. The first-order valence-corrected chi connectivity index (χ1v) is 7.88. The van der Waals surface area contributed by atoms with Crippen molar-refractivity contribution in [3.8, 4) is 5.75 Å². The number of hydrogen-bond acceptors (Lipinski definition) is 4. The molecular formula is C18H19N3O2. The maximum Gasteiger partial charge on any atom is 0.244 e. The van der Waals surface area contributed by atoms with E-state index in [-0.39, 0.29) is 18.1 Å². The minimum atomic E-state index is -0.140. The van der Waals surface area contributed by atoms with Crippen molar-refractivity contribution < 1.29 is 9.53 Å². The van der Waals surface area contributed by atoms with Crippen molar-refractivity contribution in [3.63, 3.8) is 0 Å². The van der Waals surface area contributed by atoms with Crippen molar-refractivity contribution in [1.82, 2.24) is 9.88 Å². The number of carbonyl (C=O) groups excluding carboxylic acids is 1. The summed E-state index contributed by atoms with van der Waals surface area (Å²) in [5.41, 5.74) is 1.96. The van der Waals surface area contributed by atoms with Crippen molar-refractivity contribution >= 4 is 11.6 Å². The Labute approximate surface area is 135 Å². The van der Waals surface area contributed by atoms with Gasteiger partial charge in [-0.1, -0.05) is 18.2 Å². The third kappa shape index (κ3) is 2.57. The Morgan fingerprint density at radius 2 is 2.13 bits per heavy atom. The van der Waals surface area contributed by atoms with Crippen LogP contribution in [0, 0.1) is 0 Å². The predicted octanol–water partition coefficient (Wildman–Crippen LogP) is 2.08. The van der Waals surface area contributed by atoms with Crippen LogP contribution in [0.5, 0.6) is 5.75 Å². The highest BCUT2D eigenvalue weighted by atomic mass is 16.5. The van der Waals surface area contributed by atoms with Crippen LogP contribution in [0.4, 0.5) is 5.69 Å². The van der Waals surface area contributed by atoms with Gasteiger partial charge >= 0.3 is 0 Å². The van der Waals surface area contributed by atoms with E-state index in [0.717, 1.165) is 30.0 Å². The molecule has 0 aliphatic carbocycles. The summed E-state index contributed by atoms with van der Waals surface area (Å²) in [6.45, 7) is 1.47. The number of nitrogens with zero attached hydrogens (tertiary/aromatic N) is 3. The number of carbonyl (C=O) groups is 1. The molecule has 1 aromatic heterocycles. The Morgan fingerprint density at radius 1 is 1.26 bits per heavy atom. The van der Waals surface area contributed by atoms with E-state index in [2.05, 4.69) is 9.88 Å². The average Bonchev–Trinajstić information content (AvgIpc) is 2.97. The highest BCUT2D eigenvalue weighted by Gasteiger charge is 2.41. The number of aromatic nitrogens is 1. The molecule has 1 aromatic carbocycles. The molecule has 0 saturated carbocycles. The number of likely N-dealkylation sites (N-methyl/N-ethyl adjacent to an activating group) is 1. The SMILES string of the molecule is CN1C(=O)[C@@H]2C[C@@H](CN2Cc2cccnc2)Oc2ccccc21. The average molecular weight is 309 g/mol. The van der Waals surface area contributed by atoms with E-state index in [4.69, 9.17) is 4.74 Å². The normalized spacial score (nSPS) is 23.9. The summed E-state index contributed by atoms with van der Waals surface area (Å²) in [6, 6.07) is 11.6. The van der Waals surface area contributed by atoms with Crippen LogP contribution in [0.25, 0.3) is 0 Å². The summed E-state index contributed by atoms with van der Waals surface area (Å²) in [5, 5.41) is 0. The van der Waals surface area contributed by atoms with Gasteiger partial charge in [-0.15, -0.1) is 0 Å². The van der Waals surface area contributed by atoms with Gasteiger partial charge in [0.05, 0.1) is 11.7 Å². The Hall–Kier alpha value is -2.40. The summed E-state index contributed by atoms with van der Waals surface area (Å²) < 4.78 is 6.16. The lowest BCUT2D eigenvalue weighted by Gasteiger charge is -2.29. The van der Waals surface area contributed by atoms with Crippen LogP contribution in [-0.4, -0.2) is 41.5 Å². The smallest absolute Gasteiger partial charge is 0.244 e. The molecule has 0 unspecified atom stereocenters. The van der Waals surface area contributed by atoms with Crippen molar-refractivity contribution in [2.75, 3.05) is 18.5 Å². The van der Waals surface area contributed by atoms with Crippen molar-refractivity contribution in [2.24, 2.45) is 0 Å². The molecule has 2 aliphatic heterocycles. The highest BCUT2D eigenvalue weighted by molar-refractivity contribution is 5.98. The van der Waals surface area contributed by atoms with Crippen LogP contribution in [0.2, 0.25) is 0 Å². The molecule has 0 radical (unpaired) electrons. The third-order valence-corrected chi connectivity index (χ3v) is 4.61. The monoisotopic (exact) mass is 309 g/mol. The topological polar surface area (TPSA) is 45.7 Å². The van der Waals surface area contributed by atoms with E-state index in [0.29, 0.717) is 6.54 Å². The Kier molecular flexibility index (Phi) is 3.50. The minimum Gasteiger partial charge on any atom is -0.487 e. The van der Waals surface area contributed by atoms with Crippen molar-refractivity contribution in [3.05, 3.63) is 54.4 Å². The van der Waals surface area contributed by atoms with E-state index in [9.17, 15) is 4.79 Å². The van der Waals surface area contributed by atoms with Gasteiger partial charge in [0.2, 0.25) is 5.91 Å². The van der Waals surface area contributed by atoms with Gasteiger partial charge in [0.1, 0.15) is 11.9 Å². The van der Waals surface area contributed by atoms with Gasteiger partial charge in [-0.2, -0.15) is 0 Å². The van der Waals surface area contributed by atoms with Gasteiger partial charge in [0.15, 0.2) is 0 Å². The second-order valence-corrected chi connectivity index (χ2v) is 6.15. The van der Waals surface area contributed by atoms with E-state index in [1.54, 1.807) is 11.1 Å². The van der Waals surface area contributed by atoms with Crippen LogP contribution >= 0.6 is 0 Å². The number of ether oxygens (including phenoxy) is 1. The van der Waals surface area contributed by atoms with Gasteiger partial charge < -0.3 is 9.64 Å². The van der Waals surface area contributed by atoms with Crippen LogP contribution in [0.1, 0.15) is 12.0 Å². The highest BCUT2D eigenvalue weighted by Crippen LogP contribution is 2.35. The number of likely N-dealkylation sites (tertiary alicyclic amines) is 1. The van der Waals surface area contributed by atoms with Gasteiger partial charge in [-0.3, -0.25) is 14.7 Å². The van der Waals surface area contributed by atoms with Crippen LogP contribution in [0.3, 0.4) is 0 Å². The first kappa shape index (κ1) is 14.2. The quantitative estimate of drug-likeness (QED) is 0.852. The summed E-state index contributed by atoms with van der Waals surface area (Å²) in [4.78, 5) is 21.0. The maximum absolute atomic E-state index is 12.9. The van der Waals surface area contributed by atoms with E-state index in [1.165, 1.54) is 0 Å². The molecule has 4 rings (SSSR count). The van der Waals surface area contributed by atoms with Gasteiger partial charge in [-0.05, 0) is 23.8 Å². The number of anilines is 1. The fourth-order valence-electron chi connectivity index (χ4n) is 3.46. The largest absolute Gasteiger partial charge is 0.487 e. The van der Waals surface area contributed by atoms with Crippen molar-refractivity contribution in [2.45, 2.75) is 25.1 Å². The number of pyridine rings is 1. The number of fused-ring (bicyclic) bond motifs is 3. The molecule has 0 spiro atoms. The molecule has 2 aliphatic rings. The number of rotatable bonds is 2. The fourth-order valence-corrected chi connectivity index (χ4v) is 3.46. The summed E-state index contributed by atoms with van der Waals surface area (Å²) in [5.74, 6) is 0.919. The van der Waals surface area contributed by atoms with Gasteiger partial charge in [0, 0.05) is 39.0 Å². The van der Waals surface area contributed by atoms with Crippen LogP contribution in [-0.2, 0) is 11.3 Å². The number of amides is 1. The number of benzene rings is 1. The molecule has 3 heterocycles. The molecule has 2 bridgehead atoms. The summed E-state index contributed by atoms with van der Waals surface area (Å²) in [7, 11) is 1.82. The van der Waals surface area contributed by atoms with E-state index < -0.39 is 0 Å². The molecule has 1 fully saturated rings. The van der Waals surface area contributed by atoms with Crippen LogP contribution < -0.4 is 9.64 Å². The molecule has 0 N–H and O–H groups in total. The lowest BCUT2D eigenvalue weighted by atomic mass is 10.1. The zero-order valence-corrected chi connectivity index (χ0v) is 13.1. The second kappa shape index (κ2) is 5.66. The molecule has 2 atom stereocenters. The molecule has 5 heteroatoms. The van der Waals surface area contributed by atoms with Crippen molar-refractivity contribution in [1.29, 1.82) is 0 Å². The molecule has 1 amide bonds. The molecular weight excluding hydrogens is 290 g/mol. The zero-order valence-electron chi connectivity index (χ0n) is 13.1. The molecule has 2 aromatic rings. The molecule has 1 saturated heterocycles. The third-order valence-electron chi connectivity index (χ3n) is 4.61. The Morgan fingerprint density at radius 3 is 2.96 bits per heavy atom. The number of hydrogen-bond donors (Lipinski definition) is 0. The maximum atomic E-state index is 12.9. The van der Waals surface area contributed by atoms with E-state index >= 15 is 0 Å². The summed E-state index contributed by atoms with van der Waals surface area (Å²) in [6.07, 6.45) is 4.40. The lowest BCUT2D eigenvalue weighted by molar-refractivity contribution is -0.122. The fraction of sp³-hybridized carbons (Fsp3) is 0.333.